The molecule has 12 heteroatoms. The molecule has 0 saturated carbocycles. The fourth-order valence-electron chi connectivity index (χ4n) is 5.67. The molecule has 1 fully saturated rings. The van der Waals surface area contributed by atoms with Crippen LogP contribution in [0.5, 0.6) is 5.88 Å². The predicted octanol–water partition coefficient (Wildman–Crippen LogP) is 4.81. The summed E-state index contributed by atoms with van der Waals surface area (Å²) in [6.07, 6.45) is -1.28. The van der Waals surface area contributed by atoms with E-state index in [4.69, 9.17) is 9.47 Å². The van der Waals surface area contributed by atoms with Crippen molar-refractivity contribution in [1.29, 1.82) is 0 Å². The van der Waals surface area contributed by atoms with Gasteiger partial charge in [0, 0.05) is 30.3 Å². The van der Waals surface area contributed by atoms with Crippen molar-refractivity contribution < 1.29 is 27.5 Å². The Hall–Kier alpha value is -4.97. The number of sulfonamides is 1. The molecule has 2 atom stereocenters. The van der Waals surface area contributed by atoms with Gasteiger partial charge in [0.05, 0.1) is 23.2 Å². The zero-order chi connectivity index (χ0) is 31.7. The first-order valence-corrected chi connectivity index (χ1v) is 16.1. The van der Waals surface area contributed by atoms with Gasteiger partial charge in [-0.3, -0.25) is 4.79 Å². The highest BCUT2D eigenvalue weighted by molar-refractivity contribution is 7.92. The summed E-state index contributed by atoms with van der Waals surface area (Å²) in [6, 6.07) is 22.1. The van der Waals surface area contributed by atoms with E-state index in [1.165, 1.54) is 23.1 Å². The minimum Gasteiger partial charge on any atom is -0.470 e. The van der Waals surface area contributed by atoms with Gasteiger partial charge >= 0.3 is 6.09 Å². The number of hydrogen-bond acceptors (Lipinski definition) is 8. The Morgan fingerprint density at radius 1 is 0.978 bits per heavy atom. The number of aryl methyl sites for hydroxylation is 2. The molecule has 2 amide bonds. The predicted molar refractivity (Wildman–Crippen MR) is 167 cm³/mol. The van der Waals surface area contributed by atoms with Gasteiger partial charge in [-0.25, -0.2) is 22.9 Å². The highest BCUT2D eigenvalue weighted by Gasteiger charge is 2.37. The van der Waals surface area contributed by atoms with E-state index in [1.807, 2.05) is 69.3 Å². The van der Waals surface area contributed by atoms with Crippen molar-refractivity contribution in [2.24, 2.45) is 0 Å². The molecule has 232 valence electrons. The van der Waals surface area contributed by atoms with Crippen LogP contribution >= 0.6 is 0 Å². The molecule has 45 heavy (non-hydrogen) atoms. The third-order valence-corrected chi connectivity index (χ3v) is 9.42. The zero-order valence-electron chi connectivity index (χ0n) is 25.1. The van der Waals surface area contributed by atoms with Gasteiger partial charge in [-0.2, -0.15) is 4.98 Å². The highest BCUT2D eigenvalue weighted by atomic mass is 32.2. The van der Waals surface area contributed by atoms with Crippen LogP contribution < -0.4 is 9.46 Å². The van der Waals surface area contributed by atoms with Crippen molar-refractivity contribution >= 4 is 28.0 Å². The third-order valence-electron chi connectivity index (χ3n) is 8.09. The first kappa shape index (κ1) is 30.1. The Labute approximate surface area is 261 Å². The summed E-state index contributed by atoms with van der Waals surface area (Å²) in [5, 5.41) is 0. The van der Waals surface area contributed by atoms with Crippen LogP contribution in [-0.4, -0.2) is 72.0 Å². The average molecular weight is 628 g/mol. The third kappa shape index (κ3) is 6.32. The Bertz CT molecular complexity index is 1850. The molecule has 6 rings (SSSR count). The maximum absolute atomic E-state index is 13.9. The van der Waals surface area contributed by atoms with Crippen LogP contribution in [0.15, 0.2) is 83.8 Å². The second-order valence-corrected chi connectivity index (χ2v) is 12.9. The summed E-state index contributed by atoms with van der Waals surface area (Å²) >= 11 is 0. The van der Waals surface area contributed by atoms with Crippen molar-refractivity contribution in [2.45, 2.75) is 44.4 Å². The van der Waals surface area contributed by atoms with Crippen LogP contribution in [0.4, 0.5) is 10.7 Å². The summed E-state index contributed by atoms with van der Waals surface area (Å²) in [5.41, 5.74) is 4.19. The molecule has 3 heterocycles. The number of aromatic nitrogens is 2. The number of rotatable bonds is 3. The molecule has 0 spiro atoms. The fraction of sp³-hybridized carbons (Fsp3) is 0.273. The summed E-state index contributed by atoms with van der Waals surface area (Å²) in [4.78, 5) is 39.2. The summed E-state index contributed by atoms with van der Waals surface area (Å²) in [5.74, 6) is -0.477. The van der Waals surface area contributed by atoms with E-state index < -0.39 is 28.3 Å². The fourth-order valence-corrected chi connectivity index (χ4v) is 6.66. The van der Waals surface area contributed by atoms with Crippen molar-refractivity contribution in [3.63, 3.8) is 0 Å². The standard InChI is InChI=1S/C33H33N5O6S/c1-21-9-7-10-22(2)30(21)27-18-29-35-32(34-27)36-45(41,42)26-14-8-13-25(17-26)31(39)38-16-15-37(19-28(44-29)23(38)3)33(40)43-20-24-11-5-4-6-12-24/h4-14,17-18,23,28H,15-16,19-20H2,1-3H3,(H,34,35,36)/t23-,28?/m1/s1. The van der Waals surface area contributed by atoms with Crippen molar-refractivity contribution in [3.05, 3.63) is 101 Å². The lowest BCUT2D eigenvalue weighted by atomic mass is 10.00. The molecule has 1 saturated heterocycles. The molecular formula is C33H33N5O6S. The molecule has 0 radical (unpaired) electrons. The molecule has 1 N–H and O–H groups in total. The Morgan fingerprint density at radius 2 is 1.71 bits per heavy atom. The quantitative estimate of drug-likeness (QED) is 0.343. The van der Waals surface area contributed by atoms with Crippen molar-refractivity contribution in [2.75, 3.05) is 24.4 Å². The second-order valence-electron chi connectivity index (χ2n) is 11.2. The SMILES string of the molecule is Cc1cccc(C)c1-c1cc2nc(n1)NS(=O)(=O)c1cccc(c1)C(=O)N1CCN(C(=O)OCc3ccccc3)CC(O2)[C@H]1C. The number of hydrogen-bond donors (Lipinski definition) is 1. The van der Waals surface area contributed by atoms with Crippen molar-refractivity contribution in [1.82, 2.24) is 19.8 Å². The Balaban J connectivity index is 1.43. The van der Waals surface area contributed by atoms with Crippen LogP contribution in [0.2, 0.25) is 0 Å². The van der Waals surface area contributed by atoms with E-state index >= 15 is 0 Å². The molecule has 11 nitrogen and oxygen atoms in total. The molecule has 3 aromatic carbocycles. The number of carbonyl (C=O) groups is 2. The van der Waals surface area contributed by atoms with Crippen LogP contribution in [0.25, 0.3) is 11.3 Å². The lowest BCUT2D eigenvalue weighted by Crippen LogP contribution is -2.48. The van der Waals surface area contributed by atoms with Gasteiger partial charge in [-0.05, 0) is 55.7 Å². The van der Waals surface area contributed by atoms with Gasteiger partial charge in [-0.15, -0.1) is 0 Å². The molecule has 0 aliphatic carbocycles. The van der Waals surface area contributed by atoms with E-state index in [-0.39, 0.29) is 54.4 Å². The lowest BCUT2D eigenvalue weighted by Gasteiger charge is -2.32. The van der Waals surface area contributed by atoms with E-state index in [0.29, 0.717) is 5.69 Å². The topological polar surface area (TPSA) is 131 Å². The van der Waals surface area contributed by atoms with E-state index in [2.05, 4.69) is 14.7 Å². The smallest absolute Gasteiger partial charge is 0.410 e. The highest BCUT2D eigenvalue weighted by Crippen LogP contribution is 2.31. The number of ether oxygens (including phenoxy) is 2. The number of nitrogens with zero attached hydrogens (tertiary/aromatic N) is 4. The van der Waals surface area contributed by atoms with Gasteiger partial charge in [0.15, 0.2) is 0 Å². The minimum atomic E-state index is -4.16. The molecule has 1 aromatic heterocycles. The summed E-state index contributed by atoms with van der Waals surface area (Å²) < 4.78 is 41.5. The maximum atomic E-state index is 13.9. The van der Waals surface area contributed by atoms with Crippen LogP contribution in [0.3, 0.4) is 0 Å². The number of nitrogens with one attached hydrogen (secondary N) is 1. The summed E-state index contributed by atoms with van der Waals surface area (Å²) in [7, 11) is -4.16. The molecular weight excluding hydrogens is 594 g/mol. The maximum Gasteiger partial charge on any atom is 0.410 e. The van der Waals surface area contributed by atoms with Crippen LogP contribution in [0.1, 0.15) is 34.0 Å². The number of benzene rings is 3. The molecule has 1 unspecified atom stereocenters. The number of anilines is 1. The number of amides is 2. The lowest BCUT2D eigenvalue weighted by molar-refractivity contribution is 0.0508. The first-order chi connectivity index (χ1) is 21.6. The van der Waals surface area contributed by atoms with Gasteiger partial charge in [0.2, 0.25) is 11.8 Å². The van der Waals surface area contributed by atoms with Gasteiger partial charge < -0.3 is 19.3 Å². The minimum absolute atomic E-state index is 0.0926. The normalized spacial score (nSPS) is 19.1. The zero-order valence-corrected chi connectivity index (χ0v) is 26.0. The number of carbonyl (C=O) groups excluding carboxylic acids is 2. The Morgan fingerprint density at radius 3 is 2.47 bits per heavy atom. The van der Waals surface area contributed by atoms with E-state index in [0.717, 1.165) is 22.3 Å². The number of fused-ring (bicyclic) bond motifs is 6. The monoisotopic (exact) mass is 627 g/mol. The molecule has 4 aromatic rings. The first-order valence-electron chi connectivity index (χ1n) is 14.6. The molecule has 2 aliphatic rings. The summed E-state index contributed by atoms with van der Waals surface area (Å²) in [6.45, 7) is 6.29. The Kier molecular flexibility index (Phi) is 8.15. The van der Waals surface area contributed by atoms with Gasteiger partial charge in [-0.1, -0.05) is 54.6 Å². The van der Waals surface area contributed by atoms with Gasteiger partial charge in [0.25, 0.3) is 15.9 Å². The van der Waals surface area contributed by atoms with Crippen LogP contribution in [-0.2, 0) is 21.4 Å². The molecule has 6 bridgehead atoms. The largest absolute Gasteiger partial charge is 0.470 e. The van der Waals surface area contributed by atoms with Crippen molar-refractivity contribution in [3.8, 4) is 17.1 Å². The van der Waals surface area contributed by atoms with Crippen LogP contribution in [0, 0.1) is 13.8 Å². The van der Waals surface area contributed by atoms with E-state index in [9.17, 15) is 18.0 Å². The second kappa shape index (κ2) is 12.2. The average Bonchev–Trinajstić information content (AvgIpc) is 3.18. The van der Waals surface area contributed by atoms with E-state index in [1.54, 1.807) is 17.0 Å². The van der Waals surface area contributed by atoms with Gasteiger partial charge in [0.1, 0.15) is 12.7 Å². The molecule has 2 aliphatic heterocycles.